The van der Waals surface area contributed by atoms with Crippen LogP contribution in [0.4, 0.5) is 4.39 Å². The first-order valence-corrected chi connectivity index (χ1v) is 6.50. The fourth-order valence-corrected chi connectivity index (χ4v) is 2.35. The van der Waals surface area contributed by atoms with E-state index in [1.54, 1.807) is 19.1 Å². The van der Waals surface area contributed by atoms with Gasteiger partial charge in [0.2, 0.25) is 0 Å². The Kier molecular flexibility index (Phi) is 4.20. The van der Waals surface area contributed by atoms with E-state index in [-0.39, 0.29) is 11.8 Å². The number of allylic oxidation sites excluding steroid dienone is 1. The molecular formula is C15H18FNO2. The number of esters is 1. The molecule has 102 valence electrons. The summed E-state index contributed by atoms with van der Waals surface area (Å²) in [5, 5.41) is 0. The van der Waals surface area contributed by atoms with Crippen LogP contribution in [0.25, 0.3) is 5.57 Å². The lowest BCUT2D eigenvalue weighted by Gasteiger charge is -2.18. The van der Waals surface area contributed by atoms with Crippen molar-refractivity contribution >= 4 is 11.5 Å². The molecule has 0 spiro atoms. The zero-order chi connectivity index (χ0) is 13.8. The summed E-state index contributed by atoms with van der Waals surface area (Å²) in [5.41, 5.74) is 2.25. The zero-order valence-electron chi connectivity index (χ0n) is 11.3. The molecule has 0 unspecified atom stereocenters. The van der Waals surface area contributed by atoms with Gasteiger partial charge in [0.25, 0.3) is 0 Å². The van der Waals surface area contributed by atoms with E-state index in [1.807, 2.05) is 7.05 Å². The third kappa shape index (κ3) is 2.95. The van der Waals surface area contributed by atoms with Crippen molar-refractivity contribution in [2.45, 2.75) is 19.8 Å². The highest BCUT2D eigenvalue weighted by Gasteiger charge is 2.24. The molecule has 0 bridgehead atoms. The second kappa shape index (κ2) is 5.87. The van der Waals surface area contributed by atoms with Crippen LogP contribution >= 0.6 is 0 Å². The van der Waals surface area contributed by atoms with Crippen LogP contribution in [0.1, 0.15) is 25.3 Å². The molecule has 0 aromatic heterocycles. The molecule has 0 amide bonds. The van der Waals surface area contributed by atoms with Gasteiger partial charge >= 0.3 is 5.97 Å². The quantitative estimate of drug-likeness (QED) is 0.620. The number of hydrogen-bond donors (Lipinski definition) is 0. The predicted molar refractivity (Wildman–Crippen MR) is 71.8 cm³/mol. The van der Waals surface area contributed by atoms with E-state index < -0.39 is 0 Å². The molecule has 3 nitrogen and oxygen atoms in total. The molecule has 1 fully saturated rings. The molecule has 4 heteroatoms. The van der Waals surface area contributed by atoms with Crippen molar-refractivity contribution in [2.75, 3.05) is 20.2 Å². The van der Waals surface area contributed by atoms with E-state index in [2.05, 4.69) is 4.90 Å². The minimum atomic E-state index is -0.335. The van der Waals surface area contributed by atoms with E-state index in [0.29, 0.717) is 17.7 Å². The zero-order valence-corrected chi connectivity index (χ0v) is 11.3. The van der Waals surface area contributed by atoms with Gasteiger partial charge in [-0.2, -0.15) is 0 Å². The molecule has 0 radical (unpaired) electrons. The average Bonchev–Trinajstić information content (AvgIpc) is 2.79. The van der Waals surface area contributed by atoms with Gasteiger partial charge in [0.05, 0.1) is 12.2 Å². The third-order valence-electron chi connectivity index (χ3n) is 3.27. The molecule has 1 saturated heterocycles. The van der Waals surface area contributed by atoms with Gasteiger partial charge in [0.15, 0.2) is 0 Å². The first kappa shape index (κ1) is 13.6. The summed E-state index contributed by atoms with van der Waals surface area (Å²) in [5.74, 6) is -0.644. The summed E-state index contributed by atoms with van der Waals surface area (Å²) < 4.78 is 18.1. The molecule has 1 aromatic carbocycles. The van der Waals surface area contributed by atoms with E-state index in [9.17, 15) is 9.18 Å². The van der Waals surface area contributed by atoms with Crippen molar-refractivity contribution in [3.8, 4) is 0 Å². The largest absolute Gasteiger partial charge is 0.462 e. The van der Waals surface area contributed by atoms with Gasteiger partial charge in [-0.05, 0) is 37.5 Å². The normalized spacial score (nSPS) is 17.5. The van der Waals surface area contributed by atoms with Gasteiger partial charge in [0, 0.05) is 19.3 Å². The van der Waals surface area contributed by atoms with E-state index >= 15 is 0 Å². The van der Waals surface area contributed by atoms with Crippen LogP contribution in [-0.2, 0) is 9.53 Å². The lowest BCUT2D eigenvalue weighted by atomic mass is 10.0. The summed E-state index contributed by atoms with van der Waals surface area (Å²) in [6, 6.07) is 5.98. The van der Waals surface area contributed by atoms with Crippen LogP contribution in [0.2, 0.25) is 0 Å². The van der Waals surface area contributed by atoms with Crippen molar-refractivity contribution in [1.29, 1.82) is 0 Å². The van der Waals surface area contributed by atoms with Crippen LogP contribution in [0.5, 0.6) is 0 Å². The van der Waals surface area contributed by atoms with Crippen LogP contribution < -0.4 is 0 Å². The van der Waals surface area contributed by atoms with Gasteiger partial charge in [-0.1, -0.05) is 12.1 Å². The van der Waals surface area contributed by atoms with Gasteiger partial charge < -0.3 is 9.64 Å². The number of carbonyl (C=O) groups excluding carboxylic acids is 1. The number of rotatable bonds is 3. The fourth-order valence-electron chi connectivity index (χ4n) is 2.35. The van der Waals surface area contributed by atoms with Crippen LogP contribution in [0.3, 0.4) is 0 Å². The minimum absolute atomic E-state index is 0.309. The maximum absolute atomic E-state index is 13.0. The van der Waals surface area contributed by atoms with Crippen molar-refractivity contribution in [2.24, 2.45) is 0 Å². The first-order valence-electron chi connectivity index (χ1n) is 6.50. The van der Waals surface area contributed by atoms with Crippen molar-refractivity contribution in [3.63, 3.8) is 0 Å². The molecule has 1 aromatic rings. The summed E-state index contributed by atoms with van der Waals surface area (Å²) in [6.45, 7) is 3.04. The number of halogens is 1. The molecule has 19 heavy (non-hydrogen) atoms. The van der Waals surface area contributed by atoms with E-state index in [1.165, 1.54) is 12.1 Å². The van der Waals surface area contributed by atoms with Gasteiger partial charge in [-0.15, -0.1) is 0 Å². The van der Waals surface area contributed by atoms with Crippen molar-refractivity contribution in [1.82, 2.24) is 4.90 Å². The van der Waals surface area contributed by atoms with Crippen LogP contribution in [-0.4, -0.2) is 31.1 Å². The Morgan fingerprint density at radius 3 is 2.58 bits per heavy atom. The smallest absolute Gasteiger partial charge is 0.340 e. The van der Waals surface area contributed by atoms with Crippen LogP contribution in [0.15, 0.2) is 30.0 Å². The Labute approximate surface area is 112 Å². The first-order chi connectivity index (χ1) is 9.13. The molecule has 0 N–H and O–H groups in total. The number of nitrogens with zero attached hydrogens (tertiary/aromatic N) is 1. The van der Waals surface area contributed by atoms with Crippen LogP contribution in [0, 0.1) is 5.82 Å². The monoisotopic (exact) mass is 263 g/mol. The number of ether oxygens (including phenoxy) is 1. The highest BCUT2D eigenvalue weighted by molar-refractivity contribution is 6.17. The molecule has 1 aliphatic rings. The second-order valence-electron chi connectivity index (χ2n) is 4.57. The minimum Gasteiger partial charge on any atom is -0.462 e. The lowest BCUT2D eigenvalue weighted by Crippen LogP contribution is -2.17. The lowest BCUT2D eigenvalue weighted by molar-refractivity contribution is -0.136. The number of benzene rings is 1. The van der Waals surface area contributed by atoms with E-state index in [4.69, 9.17) is 4.74 Å². The molecular weight excluding hydrogens is 245 g/mol. The van der Waals surface area contributed by atoms with E-state index in [0.717, 1.165) is 25.1 Å². The Balaban J connectivity index is 2.45. The standard InChI is InChI=1S/C15H18FNO2/c1-3-19-15(18)14(13-5-4-10-17(13)2)11-6-8-12(16)9-7-11/h6-9H,3-5,10H2,1-2H3. The van der Waals surface area contributed by atoms with Crippen molar-refractivity contribution < 1.29 is 13.9 Å². The maximum atomic E-state index is 13.0. The number of likely N-dealkylation sites (tertiary alicyclic amines) is 1. The van der Waals surface area contributed by atoms with Gasteiger partial charge in [0.1, 0.15) is 5.82 Å². The number of carbonyl (C=O) groups is 1. The Morgan fingerprint density at radius 2 is 2.05 bits per heavy atom. The summed E-state index contributed by atoms with van der Waals surface area (Å²) >= 11 is 0. The SMILES string of the molecule is CCOC(=O)C(=C1CCCN1C)c1ccc(F)cc1. The highest BCUT2D eigenvalue weighted by atomic mass is 19.1. The van der Waals surface area contributed by atoms with Gasteiger partial charge in [-0.3, -0.25) is 0 Å². The predicted octanol–water partition coefficient (Wildman–Crippen LogP) is 2.83. The summed E-state index contributed by atoms with van der Waals surface area (Å²) in [7, 11) is 1.96. The summed E-state index contributed by atoms with van der Waals surface area (Å²) in [4.78, 5) is 14.2. The molecule has 1 aliphatic heterocycles. The number of hydrogen-bond acceptors (Lipinski definition) is 3. The Morgan fingerprint density at radius 1 is 1.37 bits per heavy atom. The Bertz CT molecular complexity index is 493. The maximum Gasteiger partial charge on any atom is 0.340 e. The van der Waals surface area contributed by atoms with Crippen molar-refractivity contribution in [3.05, 3.63) is 41.3 Å². The molecule has 0 saturated carbocycles. The van der Waals surface area contributed by atoms with Gasteiger partial charge in [-0.25, -0.2) is 9.18 Å². The molecule has 0 atom stereocenters. The molecule has 0 aliphatic carbocycles. The molecule has 1 heterocycles. The average molecular weight is 263 g/mol. The second-order valence-corrected chi connectivity index (χ2v) is 4.57. The Hall–Kier alpha value is -1.84. The fraction of sp³-hybridized carbons (Fsp3) is 0.400. The third-order valence-corrected chi connectivity index (χ3v) is 3.27. The highest BCUT2D eigenvalue weighted by Crippen LogP contribution is 2.29. The summed E-state index contributed by atoms with van der Waals surface area (Å²) in [6.07, 6.45) is 1.87. The molecule has 2 rings (SSSR count). The topological polar surface area (TPSA) is 29.5 Å².